The van der Waals surface area contributed by atoms with Crippen LogP contribution in [0.15, 0.2) is 24.3 Å². The van der Waals surface area contributed by atoms with Crippen LogP contribution in [0.4, 0.5) is 0 Å². The molecule has 0 radical (unpaired) electrons. The molecule has 1 nitrogen and oxygen atoms in total. The fourth-order valence-electron chi connectivity index (χ4n) is 3.65. The molecule has 0 bridgehead atoms. The fourth-order valence-corrected chi connectivity index (χ4v) is 3.65. The van der Waals surface area contributed by atoms with Crippen LogP contribution in [0.5, 0.6) is 0 Å². The molecule has 0 aliphatic heterocycles. The Hall–Kier alpha value is -0.820. The molecular formula is C15H21N. The maximum atomic E-state index is 6.41. The van der Waals surface area contributed by atoms with Crippen LogP contribution in [0.3, 0.4) is 0 Å². The number of aryl methyl sites for hydroxylation is 1. The highest BCUT2D eigenvalue weighted by Gasteiger charge is 2.55. The summed E-state index contributed by atoms with van der Waals surface area (Å²) in [5.74, 6) is 2.71. The minimum atomic E-state index is 0.293. The van der Waals surface area contributed by atoms with Crippen LogP contribution in [0.25, 0.3) is 0 Å². The van der Waals surface area contributed by atoms with Crippen molar-refractivity contribution in [1.82, 2.24) is 0 Å². The van der Waals surface area contributed by atoms with Gasteiger partial charge in [0.1, 0.15) is 0 Å². The van der Waals surface area contributed by atoms with Crippen molar-refractivity contribution in [2.24, 2.45) is 23.5 Å². The summed E-state index contributed by atoms with van der Waals surface area (Å²) in [6, 6.07) is 9.16. The average Bonchev–Trinajstić information content (AvgIpc) is 2.81. The van der Waals surface area contributed by atoms with Gasteiger partial charge in [-0.1, -0.05) is 37.6 Å². The summed E-state index contributed by atoms with van der Waals surface area (Å²) < 4.78 is 0. The second kappa shape index (κ2) is 3.89. The van der Waals surface area contributed by atoms with Crippen molar-refractivity contribution in [1.29, 1.82) is 0 Å². The second-order valence-electron chi connectivity index (χ2n) is 5.46. The predicted octanol–water partition coefficient (Wildman–Crippen LogP) is 3.29. The van der Waals surface area contributed by atoms with E-state index in [-0.39, 0.29) is 0 Å². The average molecular weight is 215 g/mol. The van der Waals surface area contributed by atoms with Crippen molar-refractivity contribution in [2.75, 3.05) is 0 Å². The molecule has 0 saturated heterocycles. The monoisotopic (exact) mass is 215 g/mol. The van der Waals surface area contributed by atoms with Gasteiger partial charge in [-0.05, 0) is 48.1 Å². The first kappa shape index (κ1) is 10.3. The Morgan fingerprint density at radius 1 is 1.31 bits per heavy atom. The van der Waals surface area contributed by atoms with Crippen LogP contribution in [0, 0.1) is 17.8 Å². The van der Waals surface area contributed by atoms with Crippen molar-refractivity contribution in [3.05, 3.63) is 35.4 Å². The highest BCUT2D eigenvalue weighted by Crippen LogP contribution is 2.61. The molecular weight excluding hydrogens is 194 g/mol. The lowest BCUT2D eigenvalue weighted by Crippen LogP contribution is -2.15. The van der Waals surface area contributed by atoms with Gasteiger partial charge in [0.25, 0.3) is 0 Å². The van der Waals surface area contributed by atoms with Gasteiger partial charge in [0.05, 0.1) is 0 Å². The molecule has 86 valence electrons. The van der Waals surface area contributed by atoms with E-state index in [2.05, 4.69) is 31.2 Å². The van der Waals surface area contributed by atoms with Crippen LogP contribution >= 0.6 is 0 Å². The third-order valence-electron chi connectivity index (χ3n) is 4.63. The molecule has 2 saturated carbocycles. The lowest BCUT2D eigenvalue weighted by molar-refractivity contribution is 0.501. The lowest BCUT2D eigenvalue weighted by atomic mass is 9.96. The van der Waals surface area contributed by atoms with Gasteiger partial charge in [-0.2, -0.15) is 0 Å². The van der Waals surface area contributed by atoms with Gasteiger partial charge >= 0.3 is 0 Å². The largest absolute Gasteiger partial charge is 0.324 e. The van der Waals surface area contributed by atoms with E-state index >= 15 is 0 Å². The lowest BCUT2D eigenvalue weighted by Gasteiger charge is -2.15. The van der Waals surface area contributed by atoms with Crippen LogP contribution in [-0.2, 0) is 6.42 Å². The molecule has 0 aromatic heterocycles. The molecule has 3 atom stereocenters. The third kappa shape index (κ3) is 1.58. The maximum Gasteiger partial charge on any atom is 0.0329 e. The molecule has 3 unspecified atom stereocenters. The molecule has 1 aromatic carbocycles. The van der Waals surface area contributed by atoms with Gasteiger partial charge in [0.2, 0.25) is 0 Å². The molecule has 3 rings (SSSR count). The van der Waals surface area contributed by atoms with E-state index < -0.39 is 0 Å². The summed E-state index contributed by atoms with van der Waals surface area (Å²) in [6.07, 6.45) is 5.40. The van der Waals surface area contributed by atoms with Crippen molar-refractivity contribution in [3.63, 3.8) is 0 Å². The predicted molar refractivity (Wildman–Crippen MR) is 67.1 cm³/mol. The Bertz CT molecular complexity index is 375. The number of rotatable bonds is 3. The van der Waals surface area contributed by atoms with E-state index in [1.807, 2.05) is 0 Å². The van der Waals surface area contributed by atoms with E-state index in [9.17, 15) is 0 Å². The summed E-state index contributed by atoms with van der Waals surface area (Å²) in [5.41, 5.74) is 9.19. The standard InChI is InChI=1S/C15H21N/c1-2-10-5-3-6-11(9-10)15(16)14-12-7-4-8-13(12)14/h3,5-6,9,12-15H,2,4,7-8,16H2,1H3. The normalized spacial score (nSPS) is 33.5. The van der Waals surface area contributed by atoms with Crippen LogP contribution in [-0.4, -0.2) is 0 Å². The van der Waals surface area contributed by atoms with Crippen molar-refractivity contribution < 1.29 is 0 Å². The van der Waals surface area contributed by atoms with Gasteiger partial charge in [-0.25, -0.2) is 0 Å². The SMILES string of the molecule is CCc1cccc(C(N)C2C3CCCC32)c1. The number of hydrogen-bond acceptors (Lipinski definition) is 1. The molecule has 2 fully saturated rings. The Morgan fingerprint density at radius 3 is 2.75 bits per heavy atom. The summed E-state index contributed by atoms with van der Waals surface area (Å²) in [4.78, 5) is 0. The maximum absolute atomic E-state index is 6.41. The van der Waals surface area contributed by atoms with Gasteiger partial charge in [-0.15, -0.1) is 0 Å². The molecule has 16 heavy (non-hydrogen) atoms. The van der Waals surface area contributed by atoms with Crippen LogP contribution in [0.1, 0.15) is 43.4 Å². The molecule has 0 amide bonds. The smallest absolute Gasteiger partial charge is 0.0329 e. The summed E-state index contributed by atoms with van der Waals surface area (Å²) in [7, 11) is 0. The molecule has 2 aliphatic carbocycles. The minimum Gasteiger partial charge on any atom is -0.324 e. The molecule has 0 heterocycles. The quantitative estimate of drug-likeness (QED) is 0.822. The van der Waals surface area contributed by atoms with E-state index in [0.29, 0.717) is 6.04 Å². The highest BCUT2D eigenvalue weighted by molar-refractivity contribution is 5.28. The Balaban J connectivity index is 1.76. The van der Waals surface area contributed by atoms with Crippen molar-refractivity contribution in [2.45, 2.75) is 38.6 Å². The molecule has 2 aliphatic rings. The summed E-state index contributed by atoms with van der Waals surface area (Å²) >= 11 is 0. The van der Waals surface area contributed by atoms with Gasteiger partial charge < -0.3 is 5.73 Å². The number of nitrogens with two attached hydrogens (primary N) is 1. The Morgan fingerprint density at radius 2 is 2.06 bits per heavy atom. The fraction of sp³-hybridized carbons (Fsp3) is 0.600. The zero-order chi connectivity index (χ0) is 11.1. The summed E-state index contributed by atoms with van der Waals surface area (Å²) in [6.45, 7) is 2.20. The molecule has 1 aromatic rings. The zero-order valence-electron chi connectivity index (χ0n) is 10.0. The van der Waals surface area contributed by atoms with E-state index in [1.54, 1.807) is 0 Å². The molecule has 0 spiro atoms. The van der Waals surface area contributed by atoms with Crippen LogP contribution in [0.2, 0.25) is 0 Å². The van der Waals surface area contributed by atoms with E-state index in [1.165, 1.54) is 30.4 Å². The zero-order valence-corrected chi connectivity index (χ0v) is 10.0. The first-order chi connectivity index (χ1) is 7.81. The van der Waals surface area contributed by atoms with Gasteiger partial charge in [0, 0.05) is 6.04 Å². The minimum absolute atomic E-state index is 0.293. The second-order valence-corrected chi connectivity index (χ2v) is 5.46. The number of benzene rings is 1. The third-order valence-corrected chi connectivity index (χ3v) is 4.63. The molecule has 2 N–H and O–H groups in total. The summed E-state index contributed by atoms with van der Waals surface area (Å²) in [5, 5.41) is 0. The van der Waals surface area contributed by atoms with E-state index in [4.69, 9.17) is 5.73 Å². The Labute approximate surface area is 98.0 Å². The highest BCUT2D eigenvalue weighted by atomic mass is 14.7. The van der Waals surface area contributed by atoms with Crippen LogP contribution < -0.4 is 5.73 Å². The van der Waals surface area contributed by atoms with Gasteiger partial charge in [0.15, 0.2) is 0 Å². The van der Waals surface area contributed by atoms with Gasteiger partial charge in [-0.3, -0.25) is 0 Å². The number of hydrogen-bond donors (Lipinski definition) is 1. The molecule has 1 heteroatoms. The number of fused-ring (bicyclic) bond motifs is 1. The topological polar surface area (TPSA) is 26.0 Å². The first-order valence-electron chi connectivity index (χ1n) is 6.65. The Kier molecular flexibility index (Phi) is 2.51. The van der Waals surface area contributed by atoms with E-state index in [0.717, 1.165) is 24.2 Å². The van der Waals surface area contributed by atoms with Crippen molar-refractivity contribution in [3.8, 4) is 0 Å². The van der Waals surface area contributed by atoms with Crippen molar-refractivity contribution >= 4 is 0 Å². The first-order valence-corrected chi connectivity index (χ1v) is 6.65.